The maximum atomic E-state index is 15.5. The van der Waals surface area contributed by atoms with E-state index in [-0.39, 0.29) is 80.9 Å². The van der Waals surface area contributed by atoms with Gasteiger partial charge in [-0.3, -0.25) is 57.5 Å². The van der Waals surface area contributed by atoms with Gasteiger partial charge in [-0.2, -0.15) is 0 Å². The van der Waals surface area contributed by atoms with Gasteiger partial charge in [-0.05, 0) is 105 Å². The van der Waals surface area contributed by atoms with Crippen LogP contribution in [-0.4, -0.2) is 240 Å². The predicted molar refractivity (Wildman–Crippen MR) is 385 cm³/mol. The third kappa shape index (κ3) is 26.2. The number of Topliss-reactive ketones (excluding diaryl/α,β-unsaturated/α-hetero) is 3. The Bertz CT molecular complexity index is 2900. The number of ether oxygens (including phenoxy) is 1. The Kier molecular flexibility index (Phi) is 37.2. The first-order valence-corrected chi connectivity index (χ1v) is 35.8. The van der Waals surface area contributed by atoms with Gasteiger partial charge in [-0.25, -0.2) is 0 Å². The lowest BCUT2D eigenvalue weighted by molar-refractivity contribution is -0.157. The van der Waals surface area contributed by atoms with Crippen LogP contribution < -0.4 is 16.4 Å². The second-order valence-electron chi connectivity index (χ2n) is 30.1. The summed E-state index contributed by atoms with van der Waals surface area (Å²) in [6, 6.07) is -1.57. The largest absolute Gasteiger partial charge is 0.390 e. The summed E-state index contributed by atoms with van der Waals surface area (Å²) in [7, 11) is 10.1. The topological polar surface area (TPSA) is 307 Å². The van der Waals surface area contributed by atoms with Gasteiger partial charge >= 0.3 is 0 Å². The molecule has 24 heteroatoms. The molecule has 1 heterocycles. The van der Waals surface area contributed by atoms with E-state index in [1.807, 2.05) is 55.4 Å². The monoisotopic (exact) mass is 1390 g/mol. The standard InChI is InChI=1S/C75H126N10O14/c1-24-54-41-63(88)66(67(90)50(14)26-25-27-53-28-30-55(31-29-53)69(92)77-33-35-99-34-32-76)85(23)75(98)65(49(12)13)84(22)74(97)60(39-47(8)9)83(21)73(96)59(38-46(6)7)82(20)70(93)52(16)78-68(91)51(15)40-61(86)58(37-45(4)5)81(19)72(95)56(48(10)11)42-62(87)57(36-44(2)3)80(18)64(89)43-79(17)71(54)94/h25,27-31,44-52,54,56-60,65-67,90H,24,26,32-43,76H2,1-23H3,(H,77,92)(H,78,91)/b27-25+/t50-,51-,52-,54-,56+,57+,58+,59+,60?,65+,66-,67-/m1/s1. The molecule has 99 heavy (non-hydrogen) atoms. The van der Waals surface area contributed by atoms with Crippen LogP contribution in [0, 0.1) is 59.2 Å². The molecule has 9 amide bonds. The van der Waals surface area contributed by atoms with Crippen LogP contribution in [0.4, 0.5) is 0 Å². The average molecular weight is 1390 g/mol. The minimum Gasteiger partial charge on any atom is -0.390 e. The summed E-state index contributed by atoms with van der Waals surface area (Å²) >= 11 is 0. The molecule has 0 saturated carbocycles. The summed E-state index contributed by atoms with van der Waals surface area (Å²) in [6.07, 6.45) is 2.00. The third-order valence-corrected chi connectivity index (χ3v) is 19.1. The van der Waals surface area contributed by atoms with Crippen molar-refractivity contribution in [3.63, 3.8) is 0 Å². The van der Waals surface area contributed by atoms with E-state index in [4.69, 9.17) is 10.5 Å². The number of hydrogen-bond donors (Lipinski definition) is 4. The van der Waals surface area contributed by atoms with Crippen molar-refractivity contribution >= 4 is 76.6 Å². The van der Waals surface area contributed by atoms with Gasteiger partial charge in [-0.15, -0.1) is 0 Å². The van der Waals surface area contributed by atoms with E-state index in [0.29, 0.717) is 31.9 Å². The third-order valence-electron chi connectivity index (χ3n) is 19.1. The molecule has 0 aromatic heterocycles. The van der Waals surface area contributed by atoms with Gasteiger partial charge in [-0.1, -0.05) is 128 Å². The number of nitrogens with one attached hydrogen (secondary N) is 2. The number of ketones is 3. The number of benzene rings is 1. The number of carbonyl (C=O) groups is 12. The highest BCUT2D eigenvalue weighted by Gasteiger charge is 2.46. The summed E-state index contributed by atoms with van der Waals surface area (Å²) < 4.78 is 5.35. The van der Waals surface area contributed by atoms with Crippen LogP contribution in [0.1, 0.15) is 184 Å². The highest BCUT2D eigenvalue weighted by atomic mass is 16.5. The van der Waals surface area contributed by atoms with Gasteiger partial charge in [0, 0.05) is 105 Å². The molecule has 1 fully saturated rings. The Morgan fingerprint density at radius 1 is 0.576 bits per heavy atom. The van der Waals surface area contributed by atoms with E-state index < -0.39 is 161 Å². The molecule has 0 radical (unpaired) electrons. The maximum absolute atomic E-state index is 15.5. The number of allylic oxidation sites excluding steroid dienone is 1. The summed E-state index contributed by atoms with van der Waals surface area (Å²) in [5, 5.41) is 18.1. The number of aliphatic hydroxyl groups excluding tert-OH is 1. The Morgan fingerprint density at radius 2 is 1.05 bits per heavy atom. The van der Waals surface area contributed by atoms with Gasteiger partial charge in [0.25, 0.3) is 5.91 Å². The molecule has 1 aromatic rings. The van der Waals surface area contributed by atoms with E-state index in [1.54, 1.807) is 84.9 Å². The summed E-state index contributed by atoms with van der Waals surface area (Å²) in [4.78, 5) is 184. The number of aliphatic hydroxyl groups is 1. The van der Waals surface area contributed by atoms with Crippen molar-refractivity contribution in [3.05, 3.63) is 41.5 Å². The van der Waals surface area contributed by atoms with Crippen LogP contribution in [0.15, 0.2) is 30.3 Å². The Hall–Kier alpha value is -6.92. The number of nitrogens with two attached hydrogens (primary N) is 1. The molecule has 560 valence electrons. The van der Waals surface area contributed by atoms with Crippen molar-refractivity contribution in [2.45, 2.75) is 217 Å². The molecule has 1 saturated heterocycles. The molecule has 0 spiro atoms. The van der Waals surface area contributed by atoms with Gasteiger partial charge in [0.15, 0.2) is 17.3 Å². The summed E-state index contributed by atoms with van der Waals surface area (Å²) in [5.41, 5.74) is 6.64. The summed E-state index contributed by atoms with van der Waals surface area (Å²) in [5.74, 6) is -11.8. The van der Waals surface area contributed by atoms with Crippen molar-refractivity contribution in [2.24, 2.45) is 64.9 Å². The first-order valence-electron chi connectivity index (χ1n) is 35.8. The first-order chi connectivity index (χ1) is 46.1. The van der Waals surface area contributed by atoms with Crippen molar-refractivity contribution in [1.82, 2.24) is 44.9 Å². The average Bonchev–Trinajstić information content (AvgIpc) is 0.805. The number of rotatable bonds is 22. The zero-order valence-electron chi connectivity index (χ0n) is 64.2. The van der Waals surface area contributed by atoms with Crippen molar-refractivity contribution in [3.8, 4) is 0 Å². The lowest BCUT2D eigenvalue weighted by Gasteiger charge is -2.41. The smallest absolute Gasteiger partial charge is 0.251 e. The van der Waals surface area contributed by atoms with E-state index in [9.17, 15) is 43.5 Å². The lowest BCUT2D eigenvalue weighted by Crippen LogP contribution is -2.61. The van der Waals surface area contributed by atoms with Crippen LogP contribution in [0.5, 0.6) is 0 Å². The SMILES string of the molecule is CC[C@@H]1CC(=O)[C@H]([C@H](O)[C@H](C)C/C=C/c2ccc(C(=O)NCCOCCN)cc2)N(C)C(=O)[C@H](C(C)C)N(C)C(=O)C(CC(C)C)N(C)C(=O)[C@H](CC(C)C)N(C)C(=O)[C@@H](C)NC(=O)[C@H](C)CC(=O)[C@H](CC(C)C)N(C)C(=O)[C@H](C(C)C)CC(=O)[C@H](CC(C)C)N(C)C(=O)CN(C)C1=O. The fourth-order valence-corrected chi connectivity index (χ4v) is 12.9. The fraction of sp³-hybridized carbons (Fsp3) is 0.733. The first kappa shape index (κ1) is 88.2. The zero-order chi connectivity index (χ0) is 75.8. The van der Waals surface area contributed by atoms with Gasteiger partial charge in [0.2, 0.25) is 47.3 Å². The van der Waals surface area contributed by atoms with Crippen molar-refractivity contribution in [2.75, 3.05) is 82.2 Å². The molecular formula is C75H126N10O14. The molecule has 1 aliphatic rings. The van der Waals surface area contributed by atoms with E-state index in [1.165, 1.54) is 85.7 Å². The Morgan fingerprint density at radius 3 is 1.55 bits per heavy atom. The number of amides is 9. The molecule has 12 atom stereocenters. The molecule has 1 aromatic carbocycles. The number of likely N-dealkylation sites (N-methyl/N-ethyl adjacent to an activating group) is 7. The normalized spacial score (nSPS) is 24.9. The van der Waals surface area contributed by atoms with Crippen molar-refractivity contribution < 1.29 is 67.4 Å². The van der Waals surface area contributed by atoms with Gasteiger partial charge < -0.3 is 60.5 Å². The van der Waals surface area contributed by atoms with Crippen LogP contribution in [0.2, 0.25) is 0 Å². The molecule has 24 nitrogen and oxygen atoms in total. The molecule has 1 aliphatic heterocycles. The second kappa shape index (κ2) is 41.7. The molecule has 0 bridgehead atoms. The number of carbonyl (C=O) groups excluding carboxylic acids is 12. The molecule has 2 rings (SSSR count). The Balaban J connectivity index is 2.96. The molecule has 0 aliphatic carbocycles. The van der Waals surface area contributed by atoms with E-state index in [0.717, 1.165) is 10.5 Å². The number of nitrogens with zero attached hydrogens (tertiary/aromatic N) is 7. The second-order valence-corrected chi connectivity index (χ2v) is 30.1. The summed E-state index contributed by atoms with van der Waals surface area (Å²) in [6.45, 7) is 29.5. The molecular weight excluding hydrogens is 1260 g/mol. The zero-order valence-corrected chi connectivity index (χ0v) is 64.2. The van der Waals surface area contributed by atoms with Crippen LogP contribution in [-0.2, 0) is 57.5 Å². The molecule has 5 N–H and O–H groups in total. The van der Waals surface area contributed by atoms with Crippen LogP contribution in [0.25, 0.3) is 6.08 Å². The molecule has 1 unspecified atom stereocenters. The highest BCUT2D eigenvalue weighted by Crippen LogP contribution is 2.30. The minimum atomic E-state index is -1.59. The highest BCUT2D eigenvalue weighted by molar-refractivity contribution is 6.00. The number of hydrogen-bond acceptors (Lipinski definition) is 15. The van der Waals surface area contributed by atoms with Crippen LogP contribution in [0.3, 0.4) is 0 Å². The van der Waals surface area contributed by atoms with E-state index >= 15 is 19.2 Å². The van der Waals surface area contributed by atoms with Gasteiger partial charge in [0.05, 0.1) is 37.9 Å². The van der Waals surface area contributed by atoms with Gasteiger partial charge in [0.1, 0.15) is 30.2 Å². The maximum Gasteiger partial charge on any atom is 0.251 e. The quantitative estimate of drug-likeness (QED) is 0.0915. The van der Waals surface area contributed by atoms with Crippen molar-refractivity contribution in [1.29, 1.82) is 0 Å². The van der Waals surface area contributed by atoms with Crippen LogP contribution >= 0.6 is 0 Å². The van der Waals surface area contributed by atoms with E-state index in [2.05, 4.69) is 10.6 Å². The Labute approximate surface area is 592 Å². The minimum absolute atomic E-state index is 0.0823. The predicted octanol–water partition coefficient (Wildman–Crippen LogP) is 6.38. The fourth-order valence-electron chi connectivity index (χ4n) is 12.9. The lowest BCUT2D eigenvalue weighted by atomic mass is 9.84.